The first-order valence-electron chi connectivity index (χ1n) is 4.67. The summed E-state index contributed by atoms with van der Waals surface area (Å²) in [5.74, 6) is 1.02. The van der Waals surface area contributed by atoms with Gasteiger partial charge in [0.05, 0.1) is 0 Å². The van der Waals surface area contributed by atoms with Gasteiger partial charge in [-0.05, 0) is 17.7 Å². The van der Waals surface area contributed by atoms with Crippen molar-refractivity contribution in [2.45, 2.75) is 11.3 Å². The molecule has 1 fully saturated rings. The van der Waals surface area contributed by atoms with Crippen LogP contribution in [0.15, 0.2) is 24.3 Å². The van der Waals surface area contributed by atoms with Gasteiger partial charge in [0.25, 0.3) is 0 Å². The molecule has 76 valence electrons. The normalized spacial score (nSPS) is 17.5. The van der Waals surface area contributed by atoms with Gasteiger partial charge >= 0.3 is 0 Å². The van der Waals surface area contributed by atoms with E-state index in [-0.39, 0.29) is 0 Å². The molecular weight excluding hydrogens is 216 g/mol. The van der Waals surface area contributed by atoms with Gasteiger partial charge in [-0.15, -0.1) is 11.8 Å². The Morgan fingerprint density at radius 1 is 1.21 bits per heavy atom. The topological polar surface area (TPSA) is 24.1 Å². The molecular formula is C10H13ClN2S. The van der Waals surface area contributed by atoms with Gasteiger partial charge < -0.3 is 0 Å². The van der Waals surface area contributed by atoms with Crippen molar-refractivity contribution in [3.63, 3.8) is 0 Å². The van der Waals surface area contributed by atoms with Crippen LogP contribution < -0.4 is 10.6 Å². The lowest BCUT2D eigenvalue weighted by atomic mass is 10.2. The van der Waals surface area contributed by atoms with E-state index in [2.05, 4.69) is 22.8 Å². The Hall–Kier alpha value is -0.220. The van der Waals surface area contributed by atoms with Crippen LogP contribution in [-0.2, 0) is 5.75 Å². The molecule has 0 saturated carbocycles. The maximum atomic E-state index is 5.81. The van der Waals surface area contributed by atoms with Gasteiger partial charge in [-0.2, -0.15) is 0 Å². The maximum absolute atomic E-state index is 5.81. The molecule has 1 saturated heterocycles. The van der Waals surface area contributed by atoms with E-state index in [1.54, 1.807) is 0 Å². The van der Waals surface area contributed by atoms with Gasteiger partial charge in [0.15, 0.2) is 0 Å². The number of hydrogen-bond acceptors (Lipinski definition) is 3. The highest BCUT2D eigenvalue weighted by Gasteiger charge is 2.12. The predicted octanol–water partition coefficient (Wildman–Crippen LogP) is 2.05. The Morgan fingerprint density at radius 3 is 2.50 bits per heavy atom. The fraction of sp³-hybridized carbons (Fsp3) is 0.400. The summed E-state index contributed by atoms with van der Waals surface area (Å²) in [6.07, 6.45) is 0. The predicted molar refractivity (Wildman–Crippen MR) is 62.5 cm³/mol. The van der Waals surface area contributed by atoms with Gasteiger partial charge in [-0.3, -0.25) is 10.6 Å². The number of benzene rings is 1. The van der Waals surface area contributed by atoms with Crippen LogP contribution in [0.3, 0.4) is 0 Å². The lowest BCUT2D eigenvalue weighted by molar-refractivity contribution is 0.744. The Morgan fingerprint density at radius 2 is 1.86 bits per heavy atom. The van der Waals surface area contributed by atoms with E-state index >= 15 is 0 Å². The van der Waals surface area contributed by atoms with Gasteiger partial charge in [-0.25, -0.2) is 0 Å². The van der Waals surface area contributed by atoms with E-state index in [4.69, 9.17) is 11.6 Å². The summed E-state index contributed by atoms with van der Waals surface area (Å²) < 4.78 is 0. The summed E-state index contributed by atoms with van der Waals surface area (Å²) in [4.78, 5) is 0. The molecule has 0 aromatic heterocycles. The summed E-state index contributed by atoms with van der Waals surface area (Å²) in [6.45, 7) is 2.14. The minimum Gasteiger partial charge on any atom is -0.292 e. The summed E-state index contributed by atoms with van der Waals surface area (Å²) in [6, 6.07) is 8.02. The zero-order chi connectivity index (χ0) is 9.80. The Bertz CT molecular complexity index is 283. The zero-order valence-corrected chi connectivity index (χ0v) is 9.37. The number of hydrogen-bond donors (Lipinski definition) is 2. The minimum atomic E-state index is 0.408. The average Bonchev–Trinajstić information content (AvgIpc) is 2.70. The number of halogens is 1. The Balaban J connectivity index is 1.82. The van der Waals surface area contributed by atoms with E-state index in [1.165, 1.54) is 5.56 Å². The standard InChI is InChI=1S/C10H13ClN2S/c11-9-3-1-8(2-4-9)7-14-10-12-5-6-13-10/h1-4,10,12-13H,5-7H2. The molecule has 1 aromatic rings. The van der Waals surface area contributed by atoms with Crippen LogP contribution in [0.25, 0.3) is 0 Å². The molecule has 0 spiro atoms. The van der Waals surface area contributed by atoms with Crippen LogP contribution in [0, 0.1) is 0 Å². The molecule has 2 nitrogen and oxygen atoms in total. The van der Waals surface area contributed by atoms with E-state index in [9.17, 15) is 0 Å². The lowest BCUT2D eigenvalue weighted by Crippen LogP contribution is -2.26. The smallest absolute Gasteiger partial charge is 0.106 e. The van der Waals surface area contributed by atoms with E-state index in [0.29, 0.717) is 5.50 Å². The summed E-state index contributed by atoms with van der Waals surface area (Å²) in [7, 11) is 0. The maximum Gasteiger partial charge on any atom is 0.106 e. The molecule has 0 bridgehead atoms. The van der Waals surface area contributed by atoms with Crippen molar-refractivity contribution in [2.24, 2.45) is 0 Å². The fourth-order valence-electron chi connectivity index (χ4n) is 1.36. The molecule has 0 amide bonds. The van der Waals surface area contributed by atoms with E-state index < -0.39 is 0 Å². The van der Waals surface area contributed by atoms with Crippen molar-refractivity contribution in [1.82, 2.24) is 10.6 Å². The zero-order valence-electron chi connectivity index (χ0n) is 7.79. The van der Waals surface area contributed by atoms with Crippen molar-refractivity contribution in [3.05, 3.63) is 34.9 Å². The minimum absolute atomic E-state index is 0.408. The van der Waals surface area contributed by atoms with Crippen molar-refractivity contribution >= 4 is 23.4 Å². The van der Waals surface area contributed by atoms with E-state index in [0.717, 1.165) is 23.9 Å². The van der Waals surface area contributed by atoms with Gasteiger partial charge in [0.2, 0.25) is 0 Å². The highest BCUT2D eigenvalue weighted by atomic mass is 35.5. The molecule has 4 heteroatoms. The summed E-state index contributed by atoms with van der Waals surface area (Å²) in [5.41, 5.74) is 1.72. The lowest BCUT2D eigenvalue weighted by Gasteiger charge is -2.09. The molecule has 2 rings (SSSR count). The van der Waals surface area contributed by atoms with Crippen LogP contribution in [0.2, 0.25) is 5.02 Å². The molecule has 1 aliphatic rings. The second-order valence-corrected chi connectivity index (χ2v) is 4.76. The molecule has 0 unspecified atom stereocenters. The molecule has 1 heterocycles. The third kappa shape index (κ3) is 2.89. The van der Waals surface area contributed by atoms with Crippen molar-refractivity contribution in [2.75, 3.05) is 13.1 Å². The highest BCUT2D eigenvalue weighted by Crippen LogP contribution is 2.17. The Labute approximate surface area is 93.4 Å². The van der Waals surface area contributed by atoms with Gasteiger partial charge in [0.1, 0.15) is 5.50 Å². The molecule has 14 heavy (non-hydrogen) atoms. The first-order chi connectivity index (χ1) is 6.84. The third-order valence-electron chi connectivity index (χ3n) is 2.11. The van der Waals surface area contributed by atoms with Gasteiger partial charge in [0, 0.05) is 23.9 Å². The highest BCUT2D eigenvalue weighted by molar-refractivity contribution is 7.99. The average molecular weight is 229 g/mol. The second kappa shape index (κ2) is 5.03. The van der Waals surface area contributed by atoms with E-state index in [1.807, 2.05) is 23.9 Å². The molecule has 0 atom stereocenters. The second-order valence-electron chi connectivity index (χ2n) is 3.23. The first-order valence-corrected chi connectivity index (χ1v) is 6.10. The van der Waals surface area contributed by atoms with Crippen LogP contribution in [0.4, 0.5) is 0 Å². The largest absolute Gasteiger partial charge is 0.292 e. The van der Waals surface area contributed by atoms with Crippen LogP contribution in [0.1, 0.15) is 5.56 Å². The SMILES string of the molecule is Clc1ccc(CSC2NCCN2)cc1. The van der Waals surface area contributed by atoms with Crippen LogP contribution in [0.5, 0.6) is 0 Å². The molecule has 1 aromatic carbocycles. The fourth-order valence-corrected chi connectivity index (χ4v) is 2.51. The Kier molecular flexibility index (Phi) is 3.70. The van der Waals surface area contributed by atoms with Crippen molar-refractivity contribution < 1.29 is 0 Å². The molecule has 0 aliphatic carbocycles. The number of thioether (sulfide) groups is 1. The van der Waals surface area contributed by atoms with Gasteiger partial charge in [-0.1, -0.05) is 23.7 Å². The number of nitrogens with one attached hydrogen (secondary N) is 2. The summed E-state index contributed by atoms with van der Waals surface area (Å²) >= 11 is 7.69. The molecule has 1 aliphatic heterocycles. The third-order valence-corrected chi connectivity index (χ3v) is 3.53. The number of rotatable bonds is 3. The summed E-state index contributed by atoms with van der Waals surface area (Å²) in [5, 5.41) is 7.53. The van der Waals surface area contributed by atoms with Crippen LogP contribution in [-0.4, -0.2) is 18.6 Å². The quantitative estimate of drug-likeness (QED) is 0.828. The molecule has 0 radical (unpaired) electrons. The first kappa shape index (κ1) is 10.3. The monoisotopic (exact) mass is 228 g/mol. The van der Waals surface area contributed by atoms with Crippen LogP contribution >= 0.6 is 23.4 Å². The molecule has 2 N–H and O–H groups in total. The van der Waals surface area contributed by atoms with Crippen molar-refractivity contribution in [3.8, 4) is 0 Å². The van der Waals surface area contributed by atoms with Crippen molar-refractivity contribution in [1.29, 1.82) is 0 Å².